The Morgan fingerprint density at radius 3 is 2.90 bits per heavy atom. The van der Waals surface area contributed by atoms with Gasteiger partial charge in [-0.2, -0.15) is 0 Å². The molecule has 0 atom stereocenters. The van der Waals surface area contributed by atoms with Crippen molar-refractivity contribution in [2.45, 2.75) is 26.8 Å². The Morgan fingerprint density at radius 1 is 1.38 bits per heavy atom. The summed E-state index contributed by atoms with van der Waals surface area (Å²) in [5.41, 5.74) is 5.71. The molecular weight excluding hydrogens is 266 g/mol. The first-order chi connectivity index (χ1) is 10.1. The predicted molar refractivity (Wildman–Crippen MR) is 81.6 cm³/mol. The van der Waals surface area contributed by atoms with Gasteiger partial charge in [0.1, 0.15) is 5.82 Å². The zero-order chi connectivity index (χ0) is 15.2. The molecule has 2 rings (SSSR count). The number of carbonyl (C=O) groups is 1. The third kappa shape index (κ3) is 3.76. The topological polar surface area (TPSA) is 92.9 Å². The number of anilines is 1. The summed E-state index contributed by atoms with van der Waals surface area (Å²) in [7, 11) is 0. The Morgan fingerprint density at radius 2 is 2.19 bits per heavy atom. The molecule has 0 saturated heterocycles. The molecule has 2 aromatic heterocycles. The van der Waals surface area contributed by atoms with Gasteiger partial charge in [-0.05, 0) is 37.1 Å². The highest BCUT2D eigenvalue weighted by Crippen LogP contribution is 2.10. The molecule has 4 N–H and O–H groups in total. The fraction of sp³-hybridized carbons (Fsp3) is 0.267. The lowest BCUT2D eigenvalue weighted by molar-refractivity contribution is 0.0950. The van der Waals surface area contributed by atoms with Crippen LogP contribution in [0.4, 0.5) is 5.82 Å². The molecule has 2 aromatic rings. The number of hydrazine groups is 1. The average Bonchev–Trinajstić information content (AvgIpc) is 2.52. The smallest absolute Gasteiger partial charge is 0.251 e. The molecule has 0 aromatic carbocycles. The van der Waals surface area contributed by atoms with Crippen LogP contribution in [0.15, 0.2) is 30.5 Å². The molecule has 1 amide bonds. The summed E-state index contributed by atoms with van der Waals surface area (Å²) < 4.78 is 0. The lowest BCUT2D eigenvalue weighted by Crippen LogP contribution is -2.24. The van der Waals surface area contributed by atoms with Gasteiger partial charge in [-0.25, -0.2) is 10.8 Å². The van der Waals surface area contributed by atoms with E-state index in [1.807, 2.05) is 19.1 Å². The van der Waals surface area contributed by atoms with Crippen molar-refractivity contribution in [3.05, 3.63) is 53.0 Å². The second kappa shape index (κ2) is 6.81. The van der Waals surface area contributed by atoms with Gasteiger partial charge in [0.25, 0.3) is 5.91 Å². The van der Waals surface area contributed by atoms with Gasteiger partial charge in [-0.15, -0.1) is 0 Å². The number of carbonyl (C=O) groups excluding carboxylic acids is 1. The number of hydrogen-bond donors (Lipinski definition) is 3. The van der Waals surface area contributed by atoms with Crippen molar-refractivity contribution in [1.82, 2.24) is 15.3 Å². The average molecular weight is 285 g/mol. The summed E-state index contributed by atoms with van der Waals surface area (Å²) in [6.45, 7) is 4.27. The van der Waals surface area contributed by atoms with Gasteiger partial charge in [-0.1, -0.05) is 13.0 Å². The zero-order valence-electron chi connectivity index (χ0n) is 12.2. The molecule has 0 bridgehead atoms. The normalized spacial score (nSPS) is 10.2. The summed E-state index contributed by atoms with van der Waals surface area (Å²) in [4.78, 5) is 20.7. The van der Waals surface area contributed by atoms with Crippen LogP contribution in [-0.2, 0) is 13.0 Å². The summed E-state index contributed by atoms with van der Waals surface area (Å²) in [5, 5.41) is 2.87. The monoisotopic (exact) mass is 285 g/mol. The van der Waals surface area contributed by atoms with Crippen LogP contribution in [0.25, 0.3) is 0 Å². The van der Waals surface area contributed by atoms with Gasteiger partial charge >= 0.3 is 0 Å². The second-order valence-corrected chi connectivity index (χ2v) is 4.67. The van der Waals surface area contributed by atoms with E-state index in [0.29, 0.717) is 17.9 Å². The molecule has 0 aliphatic rings. The Labute approximate surface area is 123 Å². The highest BCUT2D eigenvalue weighted by Gasteiger charge is 2.09. The number of nitrogens with two attached hydrogens (primary N) is 1. The molecule has 110 valence electrons. The predicted octanol–water partition coefficient (Wildman–Crippen LogP) is 1.56. The molecule has 6 nitrogen and oxygen atoms in total. The Hall–Kier alpha value is -2.47. The summed E-state index contributed by atoms with van der Waals surface area (Å²) in [6, 6.07) is 7.24. The van der Waals surface area contributed by atoms with E-state index in [1.54, 1.807) is 18.3 Å². The van der Waals surface area contributed by atoms with Gasteiger partial charge in [0, 0.05) is 17.5 Å². The standard InChI is InChI=1S/C15H19N5O/c1-3-11-5-4-6-17-13(11)9-18-15(21)12-7-10(2)19-14(8-12)20-16/h4-8H,3,9,16H2,1-2H3,(H,18,21)(H,19,20). The van der Waals surface area contributed by atoms with Crippen molar-refractivity contribution < 1.29 is 4.79 Å². The quantitative estimate of drug-likeness (QED) is 0.572. The van der Waals surface area contributed by atoms with Crippen LogP contribution in [0.3, 0.4) is 0 Å². The SMILES string of the molecule is CCc1cccnc1CNC(=O)c1cc(C)nc(NN)c1. The first-order valence-electron chi connectivity index (χ1n) is 6.80. The van der Waals surface area contributed by atoms with Crippen LogP contribution >= 0.6 is 0 Å². The number of rotatable bonds is 5. The molecule has 0 saturated carbocycles. The molecule has 0 spiro atoms. The molecular formula is C15H19N5O. The fourth-order valence-electron chi connectivity index (χ4n) is 2.09. The minimum atomic E-state index is -0.176. The van der Waals surface area contributed by atoms with Crippen molar-refractivity contribution >= 4 is 11.7 Å². The van der Waals surface area contributed by atoms with E-state index < -0.39 is 0 Å². The first kappa shape index (κ1) is 14.9. The van der Waals surface area contributed by atoms with Crippen molar-refractivity contribution in [2.24, 2.45) is 5.84 Å². The largest absolute Gasteiger partial charge is 0.346 e. The van der Waals surface area contributed by atoms with Crippen LogP contribution in [-0.4, -0.2) is 15.9 Å². The highest BCUT2D eigenvalue weighted by molar-refractivity contribution is 5.94. The second-order valence-electron chi connectivity index (χ2n) is 4.67. The van der Waals surface area contributed by atoms with Crippen LogP contribution in [0.5, 0.6) is 0 Å². The van der Waals surface area contributed by atoms with Gasteiger partial charge < -0.3 is 10.7 Å². The van der Waals surface area contributed by atoms with Crippen molar-refractivity contribution in [2.75, 3.05) is 5.43 Å². The van der Waals surface area contributed by atoms with E-state index >= 15 is 0 Å². The number of aromatic nitrogens is 2. The first-order valence-corrected chi connectivity index (χ1v) is 6.80. The molecule has 0 aliphatic carbocycles. The summed E-state index contributed by atoms with van der Waals surface area (Å²) in [6.07, 6.45) is 2.61. The van der Waals surface area contributed by atoms with Crippen LogP contribution in [0, 0.1) is 6.92 Å². The van der Waals surface area contributed by atoms with Gasteiger partial charge in [-0.3, -0.25) is 9.78 Å². The minimum absolute atomic E-state index is 0.176. The molecule has 21 heavy (non-hydrogen) atoms. The van der Waals surface area contributed by atoms with E-state index in [1.165, 1.54) is 0 Å². The van der Waals surface area contributed by atoms with Crippen molar-refractivity contribution in [3.63, 3.8) is 0 Å². The lowest BCUT2D eigenvalue weighted by atomic mass is 10.1. The number of pyridine rings is 2. The van der Waals surface area contributed by atoms with Crippen molar-refractivity contribution in [1.29, 1.82) is 0 Å². The number of nitrogens with one attached hydrogen (secondary N) is 2. The summed E-state index contributed by atoms with van der Waals surface area (Å²) in [5.74, 6) is 5.63. The Balaban J connectivity index is 2.10. The van der Waals surface area contributed by atoms with E-state index in [-0.39, 0.29) is 5.91 Å². The number of hydrogen-bond acceptors (Lipinski definition) is 5. The van der Waals surface area contributed by atoms with E-state index in [2.05, 4.69) is 27.6 Å². The molecule has 0 aliphatic heterocycles. The number of aryl methyl sites for hydroxylation is 2. The zero-order valence-corrected chi connectivity index (χ0v) is 12.2. The number of amides is 1. The Kier molecular flexibility index (Phi) is 4.84. The molecule has 2 heterocycles. The van der Waals surface area contributed by atoms with E-state index in [0.717, 1.165) is 23.4 Å². The molecule has 0 fully saturated rings. The highest BCUT2D eigenvalue weighted by atomic mass is 16.1. The number of nitrogen functional groups attached to an aromatic ring is 1. The van der Waals surface area contributed by atoms with Crippen LogP contribution < -0.4 is 16.6 Å². The third-order valence-electron chi connectivity index (χ3n) is 3.15. The maximum atomic E-state index is 12.2. The third-order valence-corrected chi connectivity index (χ3v) is 3.15. The van der Waals surface area contributed by atoms with Crippen LogP contribution in [0.2, 0.25) is 0 Å². The molecule has 0 radical (unpaired) electrons. The maximum Gasteiger partial charge on any atom is 0.251 e. The van der Waals surface area contributed by atoms with Crippen molar-refractivity contribution in [3.8, 4) is 0 Å². The van der Waals surface area contributed by atoms with E-state index in [9.17, 15) is 4.79 Å². The summed E-state index contributed by atoms with van der Waals surface area (Å²) >= 11 is 0. The Bertz CT molecular complexity index is 642. The maximum absolute atomic E-state index is 12.2. The minimum Gasteiger partial charge on any atom is -0.346 e. The number of nitrogens with zero attached hydrogens (tertiary/aromatic N) is 2. The molecule has 0 unspecified atom stereocenters. The van der Waals surface area contributed by atoms with Gasteiger partial charge in [0.15, 0.2) is 0 Å². The molecule has 6 heteroatoms. The van der Waals surface area contributed by atoms with Crippen LogP contribution in [0.1, 0.15) is 34.2 Å². The van der Waals surface area contributed by atoms with Gasteiger partial charge in [0.05, 0.1) is 12.2 Å². The van der Waals surface area contributed by atoms with Gasteiger partial charge in [0.2, 0.25) is 0 Å². The lowest BCUT2D eigenvalue weighted by Gasteiger charge is -2.09. The fourth-order valence-corrected chi connectivity index (χ4v) is 2.09. The van der Waals surface area contributed by atoms with E-state index in [4.69, 9.17) is 5.84 Å².